The van der Waals surface area contributed by atoms with Crippen molar-refractivity contribution in [3.63, 3.8) is 0 Å². The Morgan fingerprint density at radius 1 is 1.19 bits per heavy atom. The Bertz CT molecular complexity index is 752. The molecule has 0 aliphatic carbocycles. The lowest BCUT2D eigenvalue weighted by Crippen LogP contribution is -1.88. The zero-order valence-corrected chi connectivity index (χ0v) is 14.0. The number of hydrogen-bond donors (Lipinski definition) is 1. The second-order valence-corrected chi connectivity index (χ2v) is 6.20. The van der Waals surface area contributed by atoms with E-state index in [1.54, 1.807) is 18.3 Å². The Labute approximate surface area is 137 Å². The van der Waals surface area contributed by atoms with Crippen molar-refractivity contribution in [2.75, 3.05) is 0 Å². The first-order chi connectivity index (χ1) is 10.0. The second kappa shape index (κ2) is 5.57. The predicted molar refractivity (Wildman–Crippen MR) is 84.8 cm³/mol. The van der Waals surface area contributed by atoms with Gasteiger partial charge in [0.2, 0.25) is 5.82 Å². The molecule has 0 fully saturated rings. The number of phenols is 1. The van der Waals surface area contributed by atoms with Gasteiger partial charge in [0.15, 0.2) is 0 Å². The van der Waals surface area contributed by atoms with Crippen molar-refractivity contribution in [1.82, 2.24) is 15.1 Å². The van der Waals surface area contributed by atoms with Gasteiger partial charge in [-0.15, -0.1) is 0 Å². The largest absolute Gasteiger partial charge is 0.507 e. The van der Waals surface area contributed by atoms with E-state index >= 15 is 0 Å². The highest BCUT2D eigenvalue weighted by atomic mass is 79.9. The van der Waals surface area contributed by atoms with Gasteiger partial charge in [0.25, 0.3) is 5.89 Å². The first kappa shape index (κ1) is 14.2. The Morgan fingerprint density at radius 2 is 2.00 bits per heavy atom. The lowest BCUT2D eigenvalue weighted by Gasteiger charge is -2.00. The lowest BCUT2D eigenvalue weighted by atomic mass is 10.1. The quantitative estimate of drug-likeness (QED) is 0.680. The number of aromatic hydroxyl groups is 1. The molecule has 0 unspecified atom stereocenters. The van der Waals surface area contributed by atoms with Crippen LogP contribution in [0.2, 0.25) is 0 Å². The number of hydrogen-bond acceptors (Lipinski definition) is 5. The Kier molecular flexibility index (Phi) is 3.77. The number of aromatic nitrogens is 3. The number of pyridine rings is 1. The summed E-state index contributed by atoms with van der Waals surface area (Å²) in [7, 11) is 0. The van der Waals surface area contributed by atoms with Crippen molar-refractivity contribution in [2.24, 2.45) is 0 Å². The highest BCUT2D eigenvalue weighted by Gasteiger charge is 2.16. The molecule has 0 radical (unpaired) electrons. The maximum absolute atomic E-state index is 9.96. The molecule has 5 nitrogen and oxygen atoms in total. The van der Waals surface area contributed by atoms with Gasteiger partial charge < -0.3 is 9.63 Å². The van der Waals surface area contributed by atoms with Crippen LogP contribution in [-0.2, 0) is 0 Å². The van der Waals surface area contributed by atoms with Crippen LogP contribution in [0.25, 0.3) is 23.0 Å². The van der Waals surface area contributed by atoms with Gasteiger partial charge in [-0.1, -0.05) is 11.2 Å². The molecule has 106 valence electrons. The van der Waals surface area contributed by atoms with Crippen molar-refractivity contribution < 1.29 is 9.63 Å². The first-order valence-corrected chi connectivity index (χ1v) is 7.58. The third-order valence-electron chi connectivity index (χ3n) is 2.83. The van der Waals surface area contributed by atoms with Gasteiger partial charge in [-0.3, -0.25) is 4.98 Å². The average molecular weight is 411 g/mol. The normalized spacial score (nSPS) is 10.8. The molecular weight excluding hydrogens is 402 g/mol. The maximum atomic E-state index is 9.96. The minimum atomic E-state index is 0.105. The number of halogens is 2. The summed E-state index contributed by atoms with van der Waals surface area (Å²) in [5.41, 5.74) is 2.01. The van der Waals surface area contributed by atoms with Crippen LogP contribution < -0.4 is 0 Å². The van der Waals surface area contributed by atoms with Crippen molar-refractivity contribution in [3.8, 4) is 28.7 Å². The van der Waals surface area contributed by atoms with Crippen LogP contribution in [0, 0.1) is 6.92 Å². The fourth-order valence-corrected chi connectivity index (χ4v) is 3.00. The minimum Gasteiger partial charge on any atom is -0.507 e. The van der Waals surface area contributed by atoms with E-state index in [9.17, 15) is 5.11 Å². The topological polar surface area (TPSA) is 72.0 Å². The molecule has 0 spiro atoms. The van der Waals surface area contributed by atoms with Crippen LogP contribution in [-0.4, -0.2) is 20.2 Å². The third-order valence-corrected chi connectivity index (χ3v) is 3.87. The molecule has 0 aliphatic rings. The Balaban J connectivity index is 2.03. The second-order valence-electron chi connectivity index (χ2n) is 4.43. The van der Waals surface area contributed by atoms with Crippen LogP contribution in [0.4, 0.5) is 0 Å². The Morgan fingerprint density at radius 3 is 2.71 bits per heavy atom. The average Bonchev–Trinajstić information content (AvgIpc) is 2.87. The minimum absolute atomic E-state index is 0.105. The molecule has 0 amide bonds. The summed E-state index contributed by atoms with van der Waals surface area (Å²) >= 11 is 6.75. The molecule has 0 bridgehead atoms. The molecule has 1 N–H and O–H groups in total. The molecule has 2 aromatic heterocycles. The molecule has 21 heavy (non-hydrogen) atoms. The van der Waals surface area contributed by atoms with Crippen LogP contribution >= 0.6 is 31.9 Å². The SMILES string of the molecule is Cc1ccc(-c2nc(-c3ncc(Br)cc3Br)no2)c(O)c1. The van der Waals surface area contributed by atoms with Gasteiger partial charge in [-0.05, 0) is 62.5 Å². The van der Waals surface area contributed by atoms with E-state index in [-0.39, 0.29) is 11.6 Å². The number of rotatable bonds is 2. The monoisotopic (exact) mass is 409 g/mol. The standard InChI is InChI=1S/C14H9Br2N3O2/c1-7-2-3-9(11(20)4-7)14-18-13(19-21-14)12-10(16)5-8(15)6-17-12/h2-6,20H,1H3. The molecule has 0 aliphatic heterocycles. The lowest BCUT2D eigenvalue weighted by molar-refractivity contribution is 0.425. The maximum Gasteiger partial charge on any atom is 0.262 e. The van der Waals surface area contributed by atoms with Gasteiger partial charge >= 0.3 is 0 Å². The summed E-state index contributed by atoms with van der Waals surface area (Å²) in [6.07, 6.45) is 1.65. The van der Waals surface area contributed by atoms with Gasteiger partial charge in [0, 0.05) is 15.1 Å². The fourth-order valence-electron chi connectivity index (χ4n) is 1.83. The molecule has 3 rings (SSSR count). The number of benzene rings is 1. The number of aryl methyl sites for hydroxylation is 1. The van der Waals surface area contributed by atoms with Crippen molar-refractivity contribution in [3.05, 3.63) is 45.0 Å². The van der Waals surface area contributed by atoms with E-state index in [0.29, 0.717) is 17.1 Å². The molecule has 0 saturated heterocycles. The van der Waals surface area contributed by atoms with Crippen molar-refractivity contribution >= 4 is 31.9 Å². The molecule has 1 aromatic carbocycles. The van der Waals surface area contributed by atoms with E-state index in [1.807, 2.05) is 19.1 Å². The van der Waals surface area contributed by atoms with Crippen LogP contribution in [0.3, 0.4) is 0 Å². The summed E-state index contributed by atoms with van der Waals surface area (Å²) in [6.45, 7) is 1.89. The summed E-state index contributed by atoms with van der Waals surface area (Å²) in [4.78, 5) is 8.54. The van der Waals surface area contributed by atoms with Crippen LogP contribution in [0.1, 0.15) is 5.56 Å². The third kappa shape index (κ3) is 2.84. The molecule has 0 saturated carbocycles. The zero-order chi connectivity index (χ0) is 15.0. The van der Waals surface area contributed by atoms with Crippen LogP contribution in [0.5, 0.6) is 5.75 Å². The molecule has 3 aromatic rings. The first-order valence-electron chi connectivity index (χ1n) is 5.99. The van der Waals surface area contributed by atoms with Gasteiger partial charge in [0.05, 0.1) is 5.56 Å². The smallest absolute Gasteiger partial charge is 0.262 e. The predicted octanol–water partition coefficient (Wildman–Crippen LogP) is 4.34. The van der Waals surface area contributed by atoms with E-state index < -0.39 is 0 Å². The van der Waals surface area contributed by atoms with E-state index in [2.05, 4.69) is 47.0 Å². The fraction of sp³-hybridized carbons (Fsp3) is 0.0714. The van der Waals surface area contributed by atoms with Gasteiger partial charge in [-0.25, -0.2) is 0 Å². The van der Waals surface area contributed by atoms with Crippen molar-refractivity contribution in [2.45, 2.75) is 6.92 Å². The molecule has 7 heteroatoms. The van der Waals surface area contributed by atoms with E-state index in [1.165, 1.54) is 0 Å². The highest BCUT2D eigenvalue weighted by molar-refractivity contribution is 9.11. The highest BCUT2D eigenvalue weighted by Crippen LogP contribution is 2.32. The summed E-state index contributed by atoms with van der Waals surface area (Å²) in [5, 5.41) is 13.9. The van der Waals surface area contributed by atoms with E-state index in [4.69, 9.17) is 4.52 Å². The molecular formula is C14H9Br2N3O2. The van der Waals surface area contributed by atoms with Gasteiger partial charge in [0.1, 0.15) is 11.4 Å². The van der Waals surface area contributed by atoms with Gasteiger partial charge in [-0.2, -0.15) is 4.98 Å². The molecule has 2 heterocycles. The molecule has 0 atom stereocenters. The summed E-state index contributed by atoms with van der Waals surface area (Å²) < 4.78 is 6.81. The number of phenolic OH excluding ortho intramolecular Hbond substituents is 1. The van der Waals surface area contributed by atoms with E-state index in [0.717, 1.165) is 14.5 Å². The van der Waals surface area contributed by atoms with Crippen LogP contribution in [0.15, 0.2) is 43.9 Å². The summed E-state index contributed by atoms with van der Waals surface area (Å²) in [6, 6.07) is 7.10. The van der Waals surface area contributed by atoms with Crippen molar-refractivity contribution in [1.29, 1.82) is 0 Å². The Hall–Kier alpha value is -1.73. The number of nitrogens with zero attached hydrogens (tertiary/aromatic N) is 3. The summed E-state index contributed by atoms with van der Waals surface area (Å²) in [5.74, 6) is 0.705. The zero-order valence-electron chi connectivity index (χ0n) is 10.8.